The molecule has 1 unspecified atom stereocenters. The van der Waals surface area contributed by atoms with Crippen LogP contribution in [0.4, 0.5) is 5.69 Å². The van der Waals surface area contributed by atoms with E-state index < -0.39 is 32.7 Å². The molecule has 1 heterocycles. The Morgan fingerprint density at radius 1 is 1.00 bits per heavy atom. The first kappa shape index (κ1) is 22.2. The van der Waals surface area contributed by atoms with Crippen LogP contribution in [0.2, 0.25) is 0 Å². The molecule has 0 radical (unpaired) electrons. The summed E-state index contributed by atoms with van der Waals surface area (Å²) in [6, 6.07) is 18.7. The summed E-state index contributed by atoms with van der Waals surface area (Å²) < 4.78 is 30.9. The van der Waals surface area contributed by atoms with Gasteiger partial charge in [0.25, 0.3) is 11.8 Å². The fraction of sp³-hybridized carbons (Fsp3) is 0.125. The average Bonchev–Trinajstić information content (AvgIpc) is 2.83. The highest BCUT2D eigenvalue weighted by atomic mass is 32.2. The molecule has 33 heavy (non-hydrogen) atoms. The minimum atomic E-state index is -4.22. The van der Waals surface area contributed by atoms with Gasteiger partial charge in [-0.2, -0.15) is 0 Å². The van der Waals surface area contributed by atoms with E-state index in [0.29, 0.717) is 5.75 Å². The van der Waals surface area contributed by atoms with Crippen molar-refractivity contribution in [2.24, 2.45) is 0 Å². The van der Waals surface area contributed by atoms with E-state index in [1.54, 1.807) is 25.3 Å². The van der Waals surface area contributed by atoms with Crippen molar-refractivity contribution >= 4 is 33.1 Å². The summed E-state index contributed by atoms with van der Waals surface area (Å²) in [5.41, 5.74) is 1.21. The van der Waals surface area contributed by atoms with Gasteiger partial charge in [0.1, 0.15) is 5.75 Å². The predicted molar refractivity (Wildman–Crippen MR) is 121 cm³/mol. The van der Waals surface area contributed by atoms with E-state index in [0.717, 1.165) is 5.56 Å². The number of carbonyl (C=O) groups excluding carboxylic acids is 3. The van der Waals surface area contributed by atoms with Crippen molar-refractivity contribution in [1.29, 1.82) is 0 Å². The molecule has 1 aliphatic heterocycles. The fourth-order valence-corrected chi connectivity index (χ4v) is 5.08. The number of anilines is 1. The summed E-state index contributed by atoms with van der Waals surface area (Å²) >= 11 is 0. The fourth-order valence-electron chi connectivity index (χ4n) is 3.52. The zero-order valence-corrected chi connectivity index (χ0v) is 18.4. The number of ether oxygens (including phenoxy) is 1. The highest BCUT2D eigenvalue weighted by Crippen LogP contribution is 2.29. The molecule has 168 valence electrons. The minimum absolute atomic E-state index is 0.0332. The quantitative estimate of drug-likeness (QED) is 0.542. The molecule has 1 atom stereocenters. The van der Waals surface area contributed by atoms with Crippen molar-refractivity contribution in [3.63, 3.8) is 0 Å². The van der Waals surface area contributed by atoms with Crippen LogP contribution in [0.3, 0.4) is 0 Å². The van der Waals surface area contributed by atoms with E-state index in [9.17, 15) is 22.8 Å². The summed E-state index contributed by atoms with van der Waals surface area (Å²) in [6.45, 7) is 0.266. The third-order valence-electron chi connectivity index (χ3n) is 5.28. The molecule has 1 aliphatic rings. The number of sulfone groups is 1. The van der Waals surface area contributed by atoms with Gasteiger partial charge in [-0.3, -0.25) is 14.4 Å². The Hall–Kier alpha value is -3.98. The van der Waals surface area contributed by atoms with Crippen molar-refractivity contribution in [2.45, 2.75) is 16.7 Å². The van der Waals surface area contributed by atoms with Gasteiger partial charge in [-0.25, -0.2) is 8.42 Å². The molecule has 4 rings (SSSR count). The van der Waals surface area contributed by atoms with E-state index >= 15 is 0 Å². The Kier molecular flexibility index (Phi) is 5.97. The molecule has 0 saturated heterocycles. The van der Waals surface area contributed by atoms with Gasteiger partial charge in [0.2, 0.25) is 5.25 Å². The molecule has 2 amide bonds. The Morgan fingerprint density at radius 3 is 2.36 bits per heavy atom. The lowest BCUT2D eigenvalue weighted by Gasteiger charge is -2.24. The summed E-state index contributed by atoms with van der Waals surface area (Å²) in [6.07, 6.45) is 0. The topological polar surface area (TPSA) is 119 Å². The Labute approximate surface area is 190 Å². The number of hydrogen-bond donors (Lipinski definition) is 2. The third-order valence-corrected chi connectivity index (χ3v) is 7.25. The maximum Gasteiger partial charge on any atom is 0.251 e. The second kappa shape index (κ2) is 8.87. The first-order chi connectivity index (χ1) is 15.8. The Balaban J connectivity index is 1.53. The van der Waals surface area contributed by atoms with Crippen molar-refractivity contribution in [2.75, 3.05) is 12.4 Å². The predicted octanol–water partition coefficient (Wildman–Crippen LogP) is 2.60. The molecule has 0 saturated carbocycles. The largest absolute Gasteiger partial charge is 0.497 e. The molecular weight excluding hydrogens is 444 g/mol. The van der Waals surface area contributed by atoms with Crippen LogP contribution >= 0.6 is 0 Å². The SMILES string of the molecule is COc1ccc(CNC(=O)c2ccc3c(c2)NC(=O)C(S(=O)(=O)c2ccccc2)C3=O)cc1. The third kappa shape index (κ3) is 4.35. The molecule has 8 nitrogen and oxygen atoms in total. The first-order valence-corrected chi connectivity index (χ1v) is 11.5. The minimum Gasteiger partial charge on any atom is -0.497 e. The first-order valence-electron chi connectivity index (χ1n) is 10.0. The lowest BCUT2D eigenvalue weighted by Crippen LogP contribution is -2.45. The number of nitrogens with one attached hydrogen (secondary N) is 2. The summed E-state index contributed by atoms with van der Waals surface area (Å²) in [5, 5.41) is 3.34. The highest BCUT2D eigenvalue weighted by Gasteiger charge is 2.44. The van der Waals surface area contributed by atoms with Gasteiger partial charge in [-0.05, 0) is 48.0 Å². The number of hydrogen-bond acceptors (Lipinski definition) is 6. The molecule has 0 aromatic heterocycles. The maximum atomic E-state index is 12.9. The van der Waals surface area contributed by atoms with Crippen LogP contribution in [0.25, 0.3) is 0 Å². The molecule has 2 N–H and O–H groups in total. The van der Waals surface area contributed by atoms with Crippen LogP contribution < -0.4 is 15.4 Å². The Bertz CT molecular complexity index is 1340. The lowest BCUT2D eigenvalue weighted by atomic mass is 9.99. The van der Waals surface area contributed by atoms with Gasteiger partial charge in [0.05, 0.1) is 17.7 Å². The number of methoxy groups -OCH3 is 1. The number of Topliss-reactive ketones (excluding diaryl/α,β-unsaturated/α-hetero) is 1. The number of rotatable bonds is 6. The molecule has 0 aliphatic carbocycles. The average molecular weight is 464 g/mol. The molecule has 0 fully saturated rings. The summed E-state index contributed by atoms with van der Waals surface area (Å²) in [5.74, 6) is -1.49. The molecule has 3 aromatic carbocycles. The molecule has 0 bridgehead atoms. The lowest BCUT2D eigenvalue weighted by molar-refractivity contribution is -0.115. The van der Waals surface area contributed by atoms with Crippen LogP contribution in [-0.2, 0) is 21.2 Å². The molecular formula is C24H20N2O6S. The van der Waals surface area contributed by atoms with Crippen molar-refractivity contribution < 1.29 is 27.5 Å². The van der Waals surface area contributed by atoms with Crippen molar-refractivity contribution in [3.8, 4) is 5.75 Å². The zero-order valence-electron chi connectivity index (χ0n) is 17.6. The second-order valence-corrected chi connectivity index (χ2v) is 9.42. The Morgan fingerprint density at radius 2 is 1.70 bits per heavy atom. The van der Waals surface area contributed by atoms with Gasteiger partial charge >= 0.3 is 0 Å². The summed E-state index contributed by atoms with van der Waals surface area (Å²) in [7, 11) is -2.66. The number of ketones is 1. The maximum absolute atomic E-state index is 12.9. The van der Waals surface area contributed by atoms with Crippen LogP contribution in [0.15, 0.2) is 77.7 Å². The van der Waals surface area contributed by atoms with E-state index in [4.69, 9.17) is 4.74 Å². The van der Waals surface area contributed by atoms with Crippen LogP contribution in [0, 0.1) is 0 Å². The monoisotopic (exact) mass is 464 g/mol. The van der Waals surface area contributed by atoms with Gasteiger partial charge in [0, 0.05) is 17.7 Å². The van der Waals surface area contributed by atoms with Crippen LogP contribution in [-0.4, -0.2) is 38.4 Å². The van der Waals surface area contributed by atoms with Crippen molar-refractivity contribution in [3.05, 3.63) is 89.5 Å². The molecule has 0 spiro atoms. The molecule has 3 aromatic rings. The number of benzene rings is 3. The van der Waals surface area contributed by atoms with E-state index in [1.807, 2.05) is 12.1 Å². The van der Waals surface area contributed by atoms with E-state index in [2.05, 4.69) is 10.6 Å². The molecule has 9 heteroatoms. The standard InChI is InChI=1S/C24H20N2O6S/c1-32-17-10-7-15(8-11-17)14-25-23(28)16-9-12-19-20(13-16)26-24(29)22(21(19)27)33(30,31)18-5-3-2-4-6-18/h2-13,22H,14H2,1H3,(H,25,28)(H,26,29). The van der Waals surface area contributed by atoms with E-state index in [1.165, 1.54) is 42.5 Å². The second-order valence-electron chi connectivity index (χ2n) is 7.38. The normalized spacial score (nSPS) is 15.4. The summed E-state index contributed by atoms with van der Waals surface area (Å²) in [4.78, 5) is 38.0. The van der Waals surface area contributed by atoms with Crippen molar-refractivity contribution in [1.82, 2.24) is 5.32 Å². The smallest absolute Gasteiger partial charge is 0.251 e. The van der Waals surface area contributed by atoms with Crippen LogP contribution in [0.1, 0.15) is 26.3 Å². The van der Waals surface area contributed by atoms with Gasteiger partial charge in [-0.1, -0.05) is 30.3 Å². The zero-order chi connectivity index (χ0) is 23.6. The number of amides is 2. The highest BCUT2D eigenvalue weighted by molar-refractivity contribution is 7.93. The van der Waals surface area contributed by atoms with Crippen LogP contribution in [0.5, 0.6) is 5.75 Å². The number of carbonyl (C=O) groups is 3. The van der Waals surface area contributed by atoms with Gasteiger partial charge in [-0.15, -0.1) is 0 Å². The van der Waals surface area contributed by atoms with Gasteiger partial charge < -0.3 is 15.4 Å². The van der Waals surface area contributed by atoms with E-state index in [-0.39, 0.29) is 28.3 Å². The van der Waals surface area contributed by atoms with Gasteiger partial charge in [0.15, 0.2) is 15.6 Å². The number of fused-ring (bicyclic) bond motifs is 1.